The van der Waals surface area contributed by atoms with Crippen LogP contribution in [0.3, 0.4) is 0 Å². The van der Waals surface area contributed by atoms with Crippen molar-refractivity contribution in [1.29, 1.82) is 0 Å². The van der Waals surface area contributed by atoms with Gasteiger partial charge in [-0.25, -0.2) is 14.2 Å². The fourth-order valence-electron chi connectivity index (χ4n) is 4.50. The van der Waals surface area contributed by atoms with Crippen molar-refractivity contribution < 1.29 is 9.50 Å². The van der Waals surface area contributed by atoms with E-state index in [1.54, 1.807) is 49.9 Å². The first-order valence-electron chi connectivity index (χ1n) is 11.2. The quantitative estimate of drug-likeness (QED) is 0.441. The lowest BCUT2D eigenvalue weighted by molar-refractivity contribution is 0.477. The number of phenols is 1. The highest BCUT2D eigenvalue weighted by atomic mass is 35.5. The molecular weight excluding hydrogens is 469 g/mol. The van der Waals surface area contributed by atoms with E-state index in [0.29, 0.717) is 39.5 Å². The smallest absolute Gasteiger partial charge is 0.332 e. The number of anilines is 1. The summed E-state index contributed by atoms with van der Waals surface area (Å²) in [4.78, 5) is 18.8. The topological polar surface area (TPSA) is 89.3 Å². The minimum atomic E-state index is -0.499. The molecule has 3 N–H and O–H groups in total. The van der Waals surface area contributed by atoms with E-state index in [1.807, 2.05) is 13.0 Å². The lowest BCUT2D eigenvalue weighted by atomic mass is 9.97. The van der Waals surface area contributed by atoms with Crippen LogP contribution in [-0.2, 0) is 7.05 Å². The number of hydrogen-bond acceptors (Lipinski definition) is 5. The van der Waals surface area contributed by atoms with Crippen molar-refractivity contribution in [1.82, 2.24) is 14.1 Å². The number of aromatic nitrogens is 3. The van der Waals surface area contributed by atoms with Crippen LogP contribution in [0.5, 0.6) is 5.75 Å². The summed E-state index contributed by atoms with van der Waals surface area (Å²) in [5.74, 6) is 0.151. The van der Waals surface area contributed by atoms with E-state index in [0.717, 1.165) is 18.8 Å². The third kappa shape index (κ3) is 4.31. The maximum absolute atomic E-state index is 14.7. The molecule has 9 heteroatoms. The highest BCUT2D eigenvalue weighted by molar-refractivity contribution is 6.32. The Labute approximate surface area is 206 Å². The van der Waals surface area contributed by atoms with Gasteiger partial charge in [-0.15, -0.1) is 0 Å². The lowest BCUT2D eigenvalue weighted by Gasteiger charge is -2.21. The Morgan fingerprint density at radius 3 is 2.43 bits per heavy atom. The third-order valence-electron chi connectivity index (χ3n) is 6.43. The summed E-state index contributed by atoms with van der Waals surface area (Å²) >= 11 is 6.49. The highest BCUT2D eigenvalue weighted by Crippen LogP contribution is 2.41. The van der Waals surface area contributed by atoms with Crippen LogP contribution in [0.15, 0.2) is 65.8 Å². The van der Waals surface area contributed by atoms with Crippen LogP contribution >= 0.6 is 11.6 Å². The molecule has 0 saturated carbocycles. The molecule has 7 nitrogen and oxygen atoms in total. The molecule has 0 bridgehead atoms. The second-order valence-electron chi connectivity index (χ2n) is 9.31. The molecule has 1 unspecified atom stereocenters. The van der Waals surface area contributed by atoms with Crippen LogP contribution < -0.4 is 16.3 Å². The average molecular weight is 494 g/mol. The summed E-state index contributed by atoms with van der Waals surface area (Å²) in [6.45, 7) is 3.45. The Balaban J connectivity index is 1.54. The van der Waals surface area contributed by atoms with Gasteiger partial charge in [0.15, 0.2) is 0 Å². The van der Waals surface area contributed by atoms with Gasteiger partial charge < -0.3 is 20.3 Å². The Bertz CT molecular complexity index is 1490. The van der Waals surface area contributed by atoms with Crippen LogP contribution in [0.1, 0.15) is 13.3 Å². The van der Waals surface area contributed by atoms with Gasteiger partial charge in [-0.2, -0.15) is 0 Å². The van der Waals surface area contributed by atoms with Crippen molar-refractivity contribution in [2.45, 2.75) is 18.9 Å². The number of halogens is 2. The number of rotatable bonds is 4. The van der Waals surface area contributed by atoms with E-state index in [1.165, 1.54) is 21.3 Å². The number of aryl methyl sites for hydroxylation is 1. The molecule has 0 radical (unpaired) electrons. The molecule has 2 aromatic heterocycles. The van der Waals surface area contributed by atoms with E-state index in [9.17, 15) is 14.3 Å². The highest BCUT2D eigenvalue weighted by Gasteiger charge is 2.30. The molecule has 5 rings (SSSR count). The summed E-state index contributed by atoms with van der Waals surface area (Å²) in [6, 6.07) is 11.1. The molecule has 180 valence electrons. The first-order chi connectivity index (χ1) is 16.6. The van der Waals surface area contributed by atoms with E-state index >= 15 is 0 Å². The lowest BCUT2D eigenvalue weighted by Crippen LogP contribution is -2.39. The van der Waals surface area contributed by atoms with Crippen molar-refractivity contribution in [3.63, 3.8) is 0 Å². The summed E-state index contributed by atoms with van der Waals surface area (Å²) in [5, 5.41) is 11.5. The van der Waals surface area contributed by atoms with Gasteiger partial charge in [-0.3, -0.25) is 4.57 Å². The van der Waals surface area contributed by atoms with Crippen LogP contribution in [0.4, 0.5) is 10.2 Å². The Morgan fingerprint density at radius 2 is 1.83 bits per heavy atom. The van der Waals surface area contributed by atoms with Gasteiger partial charge in [-0.1, -0.05) is 17.7 Å². The van der Waals surface area contributed by atoms with Crippen LogP contribution in [0.25, 0.3) is 27.9 Å². The molecule has 35 heavy (non-hydrogen) atoms. The Hall–Kier alpha value is -3.62. The largest absolute Gasteiger partial charge is 0.507 e. The summed E-state index contributed by atoms with van der Waals surface area (Å²) < 4.78 is 17.6. The van der Waals surface area contributed by atoms with Crippen molar-refractivity contribution in [3.05, 3.63) is 82.4 Å². The number of benzene rings is 2. The van der Waals surface area contributed by atoms with Crippen molar-refractivity contribution in [3.8, 4) is 33.7 Å². The fraction of sp³-hybridized carbons (Fsp3) is 0.231. The average Bonchev–Trinajstić information content (AvgIpc) is 3.36. The summed E-state index contributed by atoms with van der Waals surface area (Å²) in [5.41, 5.74) is 8.03. The van der Waals surface area contributed by atoms with E-state index in [4.69, 9.17) is 17.3 Å². The van der Waals surface area contributed by atoms with Gasteiger partial charge in [-0.05, 0) is 60.9 Å². The first-order valence-corrected chi connectivity index (χ1v) is 11.6. The van der Waals surface area contributed by atoms with Crippen molar-refractivity contribution in [2.75, 3.05) is 18.0 Å². The number of hydrogen-bond donors (Lipinski definition) is 2. The van der Waals surface area contributed by atoms with Gasteiger partial charge in [0.2, 0.25) is 0 Å². The summed E-state index contributed by atoms with van der Waals surface area (Å²) in [6.07, 6.45) is 5.75. The maximum atomic E-state index is 14.7. The number of pyridine rings is 1. The number of aromatic hydroxyl groups is 1. The number of nitrogens with two attached hydrogens (primary N) is 1. The summed E-state index contributed by atoms with van der Waals surface area (Å²) in [7, 11) is 1.65. The van der Waals surface area contributed by atoms with Gasteiger partial charge >= 0.3 is 5.69 Å². The normalized spacial score (nSPS) is 17.8. The van der Waals surface area contributed by atoms with Crippen molar-refractivity contribution >= 4 is 17.4 Å². The number of imidazole rings is 1. The zero-order chi connectivity index (χ0) is 24.9. The first kappa shape index (κ1) is 23.1. The van der Waals surface area contributed by atoms with Gasteiger partial charge in [0.1, 0.15) is 17.4 Å². The molecule has 2 aromatic carbocycles. The van der Waals surface area contributed by atoms with E-state index in [-0.39, 0.29) is 17.0 Å². The van der Waals surface area contributed by atoms with E-state index < -0.39 is 5.82 Å². The Morgan fingerprint density at radius 1 is 1.11 bits per heavy atom. The minimum absolute atomic E-state index is 0.0747. The maximum Gasteiger partial charge on any atom is 0.332 e. The standard InChI is InChI=1S/C26H25ClFN5O2/c1-26(29)6-8-32(15-26)23-12-17(5-7-30-23)20-14-18(28)13-19(24(20)34)16-3-4-22(21(27)11-16)33-10-9-31(2)25(33)35/h3-5,7,9-14,34H,6,8,15,29H2,1-2H3. The SMILES string of the molecule is Cn1ccn(-c2ccc(-c3cc(F)cc(-c4ccnc(N5CCC(C)(N)C5)c4)c3O)cc2Cl)c1=O. The van der Waals surface area contributed by atoms with Crippen LogP contribution in [0, 0.1) is 5.82 Å². The Kier molecular flexibility index (Phi) is 5.65. The van der Waals surface area contributed by atoms with Gasteiger partial charge in [0.25, 0.3) is 0 Å². The molecule has 0 amide bonds. The van der Waals surface area contributed by atoms with Gasteiger partial charge in [0, 0.05) is 55.4 Å². The molecule has 4 aromatic rings. The van der Waals surface area contributed by atoms with Crippen molar-refractivity contribution in [2.24, 2.45) is 12.8 Å². The molecule has 3 heterocycles. The van der Waals surface area contributed by atoms with Crippen LogP contribution in [0.2, 0.25) is 5.02 Å². The minimum Gasteiger partial charge on any atom is -0.507 e. The molecule has 1 aliphatic heterocycles. The second kappa shape index (κ2) is 8.55. The fourth-order valence-corrected chi connectivity index (χ4v) is 4.77. The molecule has 1 aliphatic rings. The zero-order valence-corrected chi connectivity index (χ0v) is 20.1. The molecular formula is C26H25ClFN5O2. The predicted octanol–water partition coefficient (Wildman–Crippen LogP) is 4.33. The van der Waals surface area contributed by atoms with Gasteiger partial charge in [0.05, 0.1) is 10.7 Å². The third-order valence-corrected chi connectivity index (χ3v) is 6.73. The zero-order valence-electron chi connectivity index (χ0n) is 19.4. The monoisotopic (exact) mass is 493 g/mol. The molecule has 1 fully saturated rings. The van der Waals surface area contributed by atoms with Crippen LogP contribution in [-0.4, -0.2) is 37.9 Å². The molecule has 1 atom stereocenters. The molecule has 0 spiro atoms. The van der Waals surface area contributed by atoms with E-state index in [2.05, 4.69) is 9.88 Å². The predicted molar refractivity (Wildman–Crippen MR) is 136 cm³/mol. The number of phenolic OH excluding ortho intramolecular Hbond substituents is 1. The molecule has 0 aliphatic carbocycles. The molecule has 1 saturated heterocycles. The number of nitrogens with zero attached hydrogens (tertiary/aromatic N) is 4. The second-order valence-corrected chi connectivity index (χ2v) is 9.71.